The van der Waals surface area contributed by atoms with Crippen molar-refractivity contribution in [3.05, 3.63) is 0 Å². The maximum atomic E-state index is 8.51. The molecule has 0 spiro atoms. The van der Waals surface area contributed by atoms with Gasteiger partial charge in [-0.1, -0.05) is 86.0 Å². The van der Waals surface area contributed by atoms with Crippen LogP contribution in [0.1, 0.15) is 99.3 Å². The molecule has 0 bridgehead atoms. The molecule has 0 aromatic heterocycles. The van der Waals surface area contributed by atoms with Gasteiger partial charge in [0.15, 0.2) is 0 Å². The molecule has 0 rings (SSSR count). The number of nitrogens with zero attached hydrogens (tertiary/aromatic N) is 1. The number of unbranched alkanes of at least 4 members (excludes halogenated alkanes) is 1. The van der Waals surface area contributed by atoms with E-state index in [1.54, 1.807) is 0 Å². The molecule has 0 aliphatic carbocycles. The molecule has 0 saturated heterocycles. The summed E-state index contributed by atoms with van der Waals surface area (Å²) in [5, 5.41) is 8.51. The smallest absolute Gasteiger partial charge is 0.0652 e. The molecule has 0 aliphatic rings. The number of nitriles is 1. The molecule has 0 aliphatic heterocycles. The highest BCUT2D eigenvalue weighted by Gasteiger charge is 2.01. The van der Waals surface area contributed by atoms with E-state index in [0.29, 0.717) is 0 Å². The second-order valence-electron chi connectivity index (χ2n) is 6.51. The second-order valence-corrected chi connectivity index (χ2v) is 6.51. The zero-order chi connectivity index (χ0) is 15.8. The molecule has 0 saturated carbocycles. The molecule has 0 N–H and O–H groups in total. The van der Waals surface area contributed by atoms with Gasteiger partial charge in [-0.3, -0.25) is 0 Å². The fourth-order valence-corrected chi connectivity index (χ4v) is 2.23. The third-order valence-corrected chi connectivity index (χ3v) is 4.08. The normalized spacial score (nSPS) is 14.7. The maximum Gasteiger partial charge on any atom is 0.0652 e. The summed E-state index contributed by atoms with van der Waals surface area (Å²) in [6.07, 6.45) is 11.8. The fraction of sp³-hybridized carbons (Fsp3) is 0.947. The first-order valence-corrected chi connectivity index (χ1v) is 8.91. The van der Waals surface area contributed by atoms with E-state index in [-0.39, 0.29) is 5.92 Å². The first-order valence-electron chi connectivity index (χ1n) is 8.91. The molecule has 20 heavy (non-hydrogen) atoms. The lowest BCUT2D eigenvalue weighted by molar-refractivity contribution is 0.465. The first-order chi connectivity index (χ1) is 9.51. The van der Waals surface area contributed by atoms with Gasteiger partial charge in [0.2, 0.25) is 0 Å². The maximum absolute atomic E-state index is 8.51. The Labute approximate surface area is 129 Å². The van der Waals surface area contributed by atoms with E-state index in [1.165, 1.54) is 51.4 Å². The summed E-state index contributed by atoms with van der Waals surface area (Å²) < 4.78 is 0. The Balaban J connectivity index is 0. The minimum absolute atomic E-state index is 0.249. The van der Waals surface area contributed by atoms with Crippen LogP contribution in [-0.2, 0) is 0 Å². The molecular weight excluding hydrogens is 242 g/mol. The van der Waals surface area contributed by atoms with Gasteiger partial charge in [0, 0.05) is 5.92 Å². The van der Waals surface area contributed by atoms with Crippen molar-refractivity contribution < 1.29 is 0 Å². The minimum atomic E-state index is 0.249. The third-order valence-electron chi connectivity index (χ3n) is 4.08. The lowest BCUT2D eigenvalue weighted by atomic mass is 9.98. The van der Waals surface area contributed by atoms with Gasteiger partial charge >= 0.3 is 0 Å². The van der Waals surface area contributed by atoms with E-state index in [0.717, 1.165) is 18.3 Å². The monoisotopic (exact) mass is 281 g/mol. The van der Waals surface area contributed by atoms with Gasteiger partial charge in [0.25, 0.3) is 0 Å². The first kappa shape index (κ1) is 21.8. The Morgan fingerprint density at radius 1 is 0.750 bits per heavy atom. The topological polar surface area (TPSA) is 23.8 Å². The van der Waals surface area contributed by atoms with Gasteiger partial charge in [-0.25, -0.2) is 0 Å². The Morgan fingerprint density at radius 3 is 1.80 bits per heavy atom. The fourth-order valence-electron chi connectivity index (χ4n) is 2.23. The number of hydrogen-bond acceptors (Lipinski definition) is 1. The molecule has 120 valence electrons. The molecule has 3 atom stereocenters. The van der Waals surface area contributed by atoms with E-state index in [9.17, 15) is 0 Å². The molecule has 0 aromatic carbocycles. The van der Waals surface area contributed by atoms with Gasteiger partial charge in [-0.15, -0.1) is 0 Å². The van der Waals surface area contributed by atoms with E-state index in [4.69, 9.17) is 5.26 Å². The molecule has 1 nitrogen and oxygen atoms in total. The van der Waals surface area contributed by atoms with Crippen molar-refractivity contribution in [3.8, 4) is 6.07 Å². The predicted octanol–water partition coefficient (Wildman–Crippen LogP) is 6.98. The van der Waals surface area contributed by atoms with Gasteiger partial charge in [-0.05, 0) is 25.2 Å². The molecule has 0 heterocycles. The van der Waals surface area contributed by atoms with Gasteiger partial charge in [0.05, 0.1) is 6.07 Å². The van der Waals surface area contributed by atoms with Crippen molar-refractivity contribution >= 4 is 0 Å². The zero-order valence-corrected chi connectivity index (χ0v) is 15.0. The summed E-state index contributed by atoms with van der Waals surface area (Å²) in [6.45, 7) is 13.4. The standard InChI is InChI=1S/C10H19N.C9H20/c1-4-9(2)6-5-7-10(3)8-11;1-4-6-8-9(3)7-5-2/h9-10H,4-7H2,1-3H3;9H,4-8H2,1-3H3. The second kappa shape index (κ2) is 16.5. The van der Waals surface area contributed by atoms with Crippen LogP contribution < -0.4 is 0 Å². The molecule has 3 unspecified atom stereocenters. The van der Waals surface area contributed by atoms with Crippen LogP contribution in [0.4, 0.5) is 0 Å². The lowest BCUT2D eigenvalue weighted by Gasteiger charge is -2.07. The SMILES string of the molecule is CCC(C)CCCC(C)C#N.CCCCC(C)CCC. The van der Waals surface area contributed by atoms with Crippen LogP contribution in [-0.4, -0.2) is 0 Å². The lowest BCUT2D eigenvalue weighted by Crippen LogP contribution is -1.95. The molecule has 0 fully saturated rings. The number of hydrogen-bond donors (Lipinski definition) is 0. The molecule has 0 aromatic rings. The van der Waals surface area contributed by atoms with Crippen LogP contribution in [0, 0.1) is 29.1 Å². The zero-order valence-electron chi connectivity index (χ0n) is 15.0. The van der Waals surface area contributed by atoms with Crippen molar-refractivity contribution in [2.24, 2.45) is 17.8 Å². The molecule has 0 amide bonds. The Bertz CT molecular complexity index is 216. The summed E-state index contributed by atoms with van der Waals surface area (Å²) in [7, 11) is 0. The summed E-state index contributed by atoms with van der Waals surface area (Å²) in [5.41, 5.74) is 0. The van der Waals surface area contributed by atoms with Crippen LogP contribution >= 0.6 is 0 Å². The van der Waals surface area contributed by atoms with E-state index in [2.05, 4.69) is 40.7 Å². The molecular formula is C19H39N. The van der Waals surface area contributed by atoms with Crippen LogP contribution in [0.3, 0.4) is 0 Å². The third kappa shape index (κ3) is 17.5. The van der Waals surface area contributed by atoms with E-state index >= 15 is 0 Å². The van der Waals surface area contributed by atoms with E-state index < -0.39 is 0 Å². The largest absolute Gasteiger partial charge is 0.198 e. The molecule has 0 radical (unpaired) electrons. The van der Waals surface area contributed by atoms with Crippen molar-refractivity contribution in [2.75, 3.05) is 0 Å². The highest BCUT2D eigenvalue weighted by atomic mass is 14.3. The van der Waals surface area contributed by atoms with Gasteiger partial charge < -0.3 is 0 Å². The van der Waals surface area contributed by atoms with Crippen LogP contribution in [0.25, 0.3) is 0 Å². The van der Waals surface area contributed by atoms with E-state index in [1.807, 2.05) is 6.92 Å². The summed E-state index contributed by atoms with van der Waals surface area (Å²) in [6, 6.07) is 2.26. The van der Waals surface area contributed by atoms with Gasteiger partial charge in [-0.2, -0.15) is 5.26 Å². The van der Waals surface area contributed by atoms with Crippen molar-refractivity contribution in [2.45, 2.75) is 99.3 Å². The summed E-state index contributed by atoms with van der Waals surface area (Å²) >= 11 is 0. The summed E-state index contributed by atoms with van der Waals surface area (Å²) in [4.78, 5) is 0. The Morgan fingerprint density at radius 2 is 1.35 bits per heavy atom. The van der Waals surface area contributed by atoms with Crippen LogP contribution in [0.2, 0.25) is 0 Å². The average Bonchev–Trinajstić information content (AvgIpc) is 2.45. The minimum Gasteiger partial charge on any atom is -0.198 e. The van der Waals surface area contributed by atoms with Crippen molar-refractivity contribution in [1.82, 2.24) is 0 Å². The van der Waals surface area contributed by atoms with Crippen molar-refractivity contribution in [3.63, 3.8) is 0 Å². The highest BCUT2D eigenvalue weighted by molar-refractivity contribution is 4.78. The van der Waals surface area contributed by atoms with Crippen LogP contribution in [0.5, 0.6) is 0 Å². The van der Waals surface area contributed by atoms with Crippen molar-refractivity contribution in [1.29, 1.82) is 5.26 Å². The molecule has 1 heteroatoms. The quantitative estimate of drug-likeness (QED) is 0.424. The number of rotatable bonds is 10. The van der Waals surface area contributed by atoms with Crippen LogP contribution in [0.15, 0.2) is 0 Å². The average molecular weight is 282 g/mol. The Kier molecular flexibility index (Phi) is 18.0. The summed E-state index contributed by atoms with van der Waals surface area (Å²) in [5.74, 6) is 2.05. The Hall–Kier alpha value is -0.510. The highest BCUT2D eigenvalue weighted by Crippen LogP contribution is 2.14. The van der Waals surface area contributed by atoms with Gasteiger partial charge in [0.1, 0.15) is 0 Å². The predicted molar refractivity (Wildman–Crippen MR) is 91.7 cm³/mol.